The van der Waals surface area contributed by atoms with Crippen molar-refractivity contribution in [1.82, 2.24) is 19.5 Å². The Hall–Kier alpha value is -4.36. The van der Waals surface area contributed by atoms with Crippen LogP contribution in [0.4, 0.5) is 0 Å². The summed E-state index contributed by atoms with van der Waals surface area (Å²) in [7, 11) is 1.67. The van der Waals surface area contributed by atoms with Gasteiger partial charge in [0.2, 0.25) is 0 Å². The van der Waals surface area contributed by atoms with E-state index in [4.69, 9.17) is 24.3 Å². The molecule has 7 nitrogen and oxygen atoms in total. The van der Waals surface area contributed by atoms with Gasteiger partial charge in [-0.1, -0.05) is 48.5 Å². The third-order valence-electron chi connectivity index (χ3n) is 7.28. The smallest absolute Gasteiger partial charge is 0.156 e. The maximum atomic E-state index is 6.11. The van der Waals surface area contributed by atoms with Crippen molar-refractivity contribution in [1.29, 1.82) is 0 Å². The molecule has 0 N–H and O–H groups in total. The van der Waals surface area contributed by atoms with Gasteiger partial charge in [-0.15, -0.1) is 0 Å². The van der Waals surface area contributed by atoms with E-state index in [0.717, 1.165) is 64.3 Å². The van der Waals surface area contributed by atoms with Gasteiger partial charge < -0.3 is 14.2 Å². The first-order valence-corrected chi connectivity index (χ1v) is 13.9. The Balaban J connectivity index is 1.13. The number of hydrogen-bond donors (Lipinski definition) is 0. The van der Waals surface area contributed by atoms with Crippen LogP contribution in [0.5, 0.6) is 17.2 Å². The highest BCUT2D eigenvalue weighted by Crippen LogP contribution is 2.26. The molecule has 0 atom stereocenters. The maximum Gasteiger partial charge on any atom is 0.156 e. The molecular formula is C33H34N4O3. The Bertz CT molecular complexity index is 1560. The number of fused-ring (bicyclic) bond motifs is 1. The summed E-state index contributed by atoms with van der Waals surface area (Å²) in [6.07, 6.45) is 3.26. The van der Waals surface area contributed by atoms with Crippen LogP contribution in [-0.2, 0) is 13.0 Å². The van der Waals surface area contributed by atoms with Gasteiger partial charge in [-0.2, -0.15) is 5.10 Å². The molecule has 2 aromatic heterocycles. The average Bonchev–Trinajstić information content (AvgIpc) is 3.67. The van der Waals surface area contributed by atoms with Gasteiger partial charge in [-0.3, -0.25) is 4.90 Å². The minimum absolute atomic E-state index is 0.424. The molecular weight excluding hydrogens is 500 g/mol. The lowest BCUT2D eigenvalue weighted by molar-refractivity contribution is 0.238. The SMILES string of the molecule is COc1ccccc1COc1cccc(-c2cccc3nc(Cc4ccc(OCCN5CCCC5)cc4)nn23)c1. The van der Waals surface area contributed by atoms with Crippen LogP contribution in [0, 0.1) is 0 Å². The zero-order valence-corrected chi connectivity index (χ0v) is 22.8. The molecule has 0 unspecified atom stereocenters. The molecule has 7 heteroatoms. The van der Waals surface area contributed by atoms with Gasteiger partial charge in [0.25, 0.3) is 0 Å². The number of methoxy groups -OCH3 is 1. The lowest BCUT2D eigenvalue weighted by Gasteiger charge is -2.14. The standard InChI is InChI=1S/C33H34N4O3/c1-38-31-12-3-2-8-27(31)24-40-29-10-6-9-26(23-29)30-11-7-13-33-34-32(35-37(30)33)22-25-14-16-28(17-15-25)39-21-20-36-18-4-5-19-36/h2-3,6-17,23H,4-5,18-22,24H2,1H3. The van der Waals surface area contributed by atoms with Gasteiger partial charge in [0, 0.05) is 24.1 Å². The number of hydrogen-bond acceptors (Lipinski definition) is 6. The lowest BCUT2D eigenvalue weighted by Crippen LogP contribution is -2.25. The Morgan fingerprint density at radius 3 is 2.48 bits per heavy atom. The van der Waals surface area contributed by atoms with E-state index in [1.54, 1.807) is 7.11 Å². The van der Waals surface area contributed by atoms with Crippen LogP contribution in [0.15, 0.2) is 91.0 Å². The second-order valence-corrected chi connectivity index (χ2v) is 10.1. The second-order valence-electron chi connectivity index (χ2n) is 10.1. The molecule has 3 heterocycles. The summed E-state index contributed by atoms with van der Waals surface area (Å²) in [4.78, 5) is 7.26. The van der Waals surface area contributed by atoms with Crippen LogP contribution < -0.4 is 14.2 Å². The van der Waals surface area contributed by atoms with Gasteiger partial charge in [-0.25, -0.2) is 9.50 Å². The minimum atomic E-state index is 0.424. The van der Waals surface area contributed by atoms with Crippen molar-refractivity contribution < 1.29 is 14.2 Å². The number of nitrogens with zero attached hydrogens (tertiary/aromatic N) is 4. The first kappa shape index (κ1) is 25.9. The fourth-order valence-electron chi connectivity index (χ4n) is 5.16. The van der Waals surface area contributed by atoms with E-state index < -0.39 is 0 Å². The topological polar surface area (TPSA) is 61.1 Å². The Morgan fingerprint density at radius 2 is 1.62 bits per heavy atom. The summed E-state index contributed by atoms with van der Waals surface area (Å²) in [6.45, 7) is 4.53. The van der Waals surface area contributed by atoms with Crippen molar-refractivity contribution in [3.05, 3.63) is 108 Å². The Labute approximate surface area is 235 Å². The monoisotopic (exact) mass is 534 g/mol. The predicted molar refractivity (Wildman–Crippen MR) is 156 cm³/mol. The highest BCUT2D eigenvalue weighted by Gasteiger charge is 2.12. The van der Waals surface area contributed by atoms with Gasteiger partial charge in [-0.05, 0) is 74.0 Å². The number of pyridine rings is 1. The normalized spacial score (nSPS) is 13.5. The van der Waals surface area contributed by atoms with E-state index in [0.29, 0.717) is 13.0 Å². The molecule has 3 aromatic carbocycles. The molecule has 204 valence electrons. The van der Waals surface area contributed by atoms with Crippen LogP contribution in [0.25, 0.3) is 16.9 Å². The highest BCUT2D eigenvalue weighted by atomic mass is 16.5. The summed E-state index contributed by atoms with van der Waals surface area (Å²) in [5.41, 5.74) is 4.93. The molecule has 0 saturated carbocycles. The second kappa shape index (κ2) is 12.2. The van der Waals surface area contributed by atoms with Crippen molar-refractivity contribution in [2.75, 3.05) is 33.4 Å². The Kier molecular flexibility index (Phi) is 7.91. The third-order valence-corrected chi connectivity index (χ3v) is 7.28. The van der Waals surface area contributed by atoms with Crippen LogP contribution in [-0.4, -0.2) is 52.8 Å². The first-order chi connectivity index (χ1) is 19.7. The summed E-state index contributed by atoms with van der Waals surface area (Å²) >= 11 is 0. The van der Waals surface area contributed by atoms with E-state index in [2.05, 4.69) is 29.2 Å². The molecule has 0 spiro atoms. The van der Waals surface area contributed by atoms with Crippen LogP contribution in [0.1, 0.15) is 29.8 Å². The molecule has 0 amide bonds. The average molecular weight is 535 g/mol. The zero-order chi connectivity index (χ0) is 27.1. The van der Waals surface area contributed by atoms with E-state index in [1.165, 1.54) is 25.9 Å². The quantitative estimate of drug-likeness (QED) is 0.206. The summed E-state index contributed by atoms with van der Waals surface area (Å²) in [5, 5.41) is 4.86. The number of ether oxygens (including phenoxy) is 3. The Morgan fingerprint density at radius 1 is 0.800 bits per heavy atom. The van der Waals surface area contributed by atoms with Crippen LogP contribution >= 0.6 is 0 Å². The van der Waals surface area contributed by atoms with Crippen LogP contribution in [0.2, 0.25) is 0 Å². The highest BCUT2D eigenvalue weighted by molar-refractivity contribution is 5.64. The third kappa shape index (κ3) is 6.10. The van der Waals surface area contributed by atoms with Gasteiger partial charge in [0.05, 0.1) is 12.8 Å². The molecule has 0 aliphatic carbocycles. The van der Waals surface area contributed by atoms with E-state index in [1.807, 2.05) is 71.2 Å². The molecule has 5 aromatic rings. The molecule has 0 bridgehead atoms. The molecule has 1 aliphatic heterocycles. The molecule has 1 saturated heterocycles. The van der Waals surface area contributed by atoms with Gasteiger partial charge in [0.15, 0.2) is 11.5 Å². The summed E-state index contributed by atoms with van der Waals surface area (Å²) in [6, 6.07) is 30.3. The molecule has 1 fully saturated rings. The van der Waals surface area contributed by atoms with Crippen molar-refractivity contribution in [3.63, 3.8) is 0 Å². The van der Waals surface area contributed by atoms with Crippen LogP contribution in [0.3, 0.4) is 0 Å². The molecule has 0 radical (unpaired) electrons. The number of aromatic nitrogens is 3. The predicted octanol–water partition coefficient (Wildman–Crippen LogP) is 6.05. The van der Waals surface area contributed by atoms with E-state index in [9.17, 15) is 0 Å². The summed E-state index contributed by atoms with van der Waals surface area (Å²) in [5.74, 6) is 3.28. The molecule has 1 aliphatic rings. The largest absolute Gasteiger partial charge is 0.496 e. The van der Waals surface area contributed by atoms with E-state index in [-0.39, 0.29) is 0 Å². The van der Waals surface area contributed by atoms with Crippen molar-refractivity contribution in [2.24, 2.45) is 0 Å². The number of rotatable bonds is 11. The number of likely N-dealkylation sites (tertiary alicyclic amines) is 1. The summed E-state index contributed by atoms with van der Waals surface area (Å²) < 4.78 is 19.4. The van der Waals surface area contributed by atoms with Gasteiger partial charge >= 0.3 is 0 Å². The minimum Gasteiger partial charge on any atom is -0.496 e. The molecule has 6 rings (SSSR count). The van der Waals surface area contributed by atoms with Crippen molar-refractivity contribution in [2.45, 2.75) is 25.9 Å². The molecule has 40 heavy (non-hydrogen) atoms. The number of para-hydroxylation sites is 1. The van der Waals surface area contributed by atoms with Crippen molar-refractivity contribution in [3.8, 4) is 28.5 Å². The van der Waals surface area contributed by atoms with E-state index >= 15 is 0 Å². The van der Waals surface area contributed by atoms with Gasteiger partial charge in [0.1, 0.15) is 30.5 Å². The fourth-order valence-corrected chi connectivity index (χ4v) is 5.16. The maximum absolute atomic E-state index is 6.11. The first-order valence-electron chi connectivity index (χ1n) is 13.9. The zero-order valence-electron chi connectivity index (χ0n) is 22.8. The lowest BCUT2D eigenvalue weighted by atomic mass is 10.1. The number of benzene rings is 3. The van der Waals surface area contributed by atoms with Crippen molar-refractivity contribution >= 4 is 5.65 Å². The fraction of sp³-hybridized carbons (Fsp3) is 0.273.